The molecule has 1 amide bonds. The molecule has 0 bridgehead atoms. The van der Waals surface area contributed by atoms with Gasteiger partial charge in [-0.05, 0) is 57.9 Å². The fraction of sp³-hybridized carbons (Fsp3) is 0.333. The molecule has 3 heterocycles. The summed E-state index contributed by atoms with van der Waals surface area (Å²) in [7, 11) is 0. The maximum atomic E-state index is 12.4. The average Bonchev–Trinajstić information content (AvgIpc) is 3.32. The fourth-order valence-electron chi connectivity index (χ4n) is 3.41. The largest absolute Gasteiger partial charge is 0.356 e. The Morgan fingerprint density at radius 3 is 2.34 bits per heavy atom. The molecule has 0 radical (unpaired) electrons. The Morgan fingerprint density at radius 1 is 1.00 bits per heavy atom. The van der Waals surface area contributed by atoms with E-state index >= 15 is 0 Å². The number of nitrogens with one attached hydrogen (secondary N) is 2. The van der Waals surface area contributed by atoms with Crippen molar-refractivity contribution in [2.24, 2.45) is 0 Å². The van der Waals surface area contributed by atoms with Crippen molar-refractivity contribution in [1.82, 2.24) is 15.0 Å². The van der Waals surface area contributed by atoms with Crippen molar-refractivity contribution in [1.29, 1.82) is 0 Å². The standard InChI is InChI=1S/C21H24N6OS/c1-13-12-18(27-10-4-5-11-27)26-21(22-13)25-17-8-6-16(7-9-17)24-20(28)19-14(2)23-15(3)29-19/h6-9,12H,4-5,10-11H2,1-3H3,(H,24,28)(H,22,25,26). The molecule has 4 rings (SSSR count). The van der Waals surface area contributed by atoms with E-state index in [1.807, 2.05) is 51.1 Å². The van der Waals surface area contributed by atoms with E-state index in [4.69, 9.17) is 0 Å². The monoisotopic (exact) mass is 408 g/mol. The van der Waals surface area contributed by atoms with Gasteiger partial charge in [0.25, 0.3) is 5.91 Å². The quantitative estimate of drug-likeness (QED) is 0.649. The molecule has 1 saturated heterocycles. The summed E-state index contributed by atoms with van der Waals surface area (Å²) in [6.07, 6.45) is 2.42. The second-order valence-corrected chi connectivity index (χ2v) is 8.39. The number of anilines is 4. The lowest BCUT2D eigenvalue weighted by molar-refractivity contribution is 0.103. The van der Waals surface area contributed by atoms with E-state index in [1.54, 1.807) is 0 Å². The minimum absolute atomic E-state index is 0.133. The van der Waals surface area contributed by atoms with Crippen LogP contribution in [0, 0.1) is 20.8 Å². The average molecular weight is 409 g/mol. The molecule has 150 valence electrons. The Bertz CT molecular complexity index is 1020. The number of carbonyl (C=O) groups excluding carboxylic acids is 1. The summed E-state index contributed by atoms with van der Waals surface area (Å²) in [6.45, 7) is 7.82. The molecule has 3 aromatic rings. The predicted molar refractivity (Wildman–Crippen MR) is 117 cm³/mol. The highest BCUT2D eigenvalue weighted by molar-refractivity contribution is 7.13. The summed E-state index contributed by atoms with van der Waals surface area (Å²) in [5.74, 6) is 1.42. The van der Waals surface area contributed by atoms with Crippen molar-refractivity contribution in [3.63, 3.8) is 0 Å². The van der Waals surface area contributed by atoms with E-state index < -0.39 is 0 Å². The smallest absolute Gasteiger partial charge is 0.267 e. The molecule has 0 saturated carbocycles. The van der Waals surface area contributed by atoms with Crippen molar-refractivity contribution in [2.45, 2.75) is 33.6 Å². The number of benzene rings is 1. The lowest BCUT2D eigenvalue weighted by Crippen LogP contribution is -2.19. The second-order valence-electron chi connectivity index (χ2n) is 7.19. The predicted octanol–water partition coefficient (Wildman–Crippen LogP) is 4.45. The number of aromatic nitrogens is 3. The molecule has 0 aliphatic carbocycles. The van der Waals surface area contributed by atoms with Gasteiger partial charge in [0, 0.05) is 36.2 Å². The molecule has 0 atom stereocenters. The molecule has 1 aliphatic rings. The Balaban J connectivity index is 1.44. The topological polar surface area (TPSA) is 83.0 Å². The summed E-state index contributed by atoms with van der Waals surface area (Å²) in [5.41, 5.74) is 3.29. The second kappa shape index (κ2) is 8.16. The van der Waals surface area contributed by atoms with Gasteiger partial charge in [0.1, 0.15) is 10.7 Å². The van der Waals surface area contributed by atoms with Gasteiger partial charge in [-0.15, -0.1) is 11.3 Å². The van der Waals surface area contributed by atoms with Crippen LogP contribution in [0.25, 0.3) is 0 Å². The summed E-state index contributed by atoms with van der Waals surface area (Å²) >= 11 is 1.40. The first-order chi connectivity index (χ1) is 14.0. The first-order valence-corrected chi connectivity index (χ1v) is 10.5. The maximum absolute atomic E-state index is 12.4. The lowest BCUT2D eigenvalue weighted by atomic mass is 10.2. The van der Waals surface area contributed by atoms with Gasteiger partial charge >= 0.3 is 0 Å². The SMILES string of the molecule is Cc1cc(N2CCCC2)nc(Nc2ccc(NC(=O)c3sc(C)nc3C)cc2)n1. The molecule has 1 aromatic carbocycles. The number of hydrogen-bond donors (Lipinski definition) is 2. The highest BCUT2D eigenvalue weighted by Crippen LogP contribution is 2.23. The van der Waals surface area contributed by atoms with Crippen LogP contribution in [0.4, 0.5) is 23.1 Å². The van der Waals surface area contributed by atoms with Crippen LogP contribution in [0.15, 0.2) is 30.3 Å². The molecule has 1 fully saturated rings. The molecule has 7 nitrogen and oxygen atoms in total. The van der Waals surface area contributed by atoms with Crippen molar-refractivity contribution in [2.75, 3.05) is 28.6 Å². The maximum Gasteiger partial charge on any atom is 0.267 e. The third-order valence-electron chi connectivity index (χ3n) is 4.78. The first kappa shape index (κ1) is 19.3. The molecule has 1 aliphatic heterocycles. The third-order valence-corrected chi connectivity index (χ3v) is 5.85. The van der Waals surface area contributed by atoms with Gasteiger partial charge in [-0.2, -0.15) is 4.98 Å². The highest BCUT2D eigenvalue weighted by Gasteiger charge is 2.16. The van der Waals surface area contributed by atoms with Gasteiger partial charge in [-0.3, -0.25) is 4.79 Å². The van der Waals surface area contributed by atoms with Gasteiger partial charge in [-0.25, -0.2) is 9.97 Å². The van der Waals surface area contributed by atoms with E-state index in [0.29, 0.717) is 10.8 Å². The first-order valence-electron chi connectivity index (χ1n) is 9.71. The number of carbonyl (C=O) groups is 1. The molecular weight excluding hydrogens is 384 g/mol. The normalized spacial score (nSPS) is 13.6. The van der Waals surface area contributed by atoms with Crippen LogP contribution in [0.2, 0.25) is 0 Å². The van der Waals surface area contributed by atoms with Crippen molar-refractivity contribution >= 4 is 40.4 Å². The number of hydrogen-bond acceptors (Lipinski definition) is 7. The number of amides is 1. The number of rotatable bonds is 5. The van der Waals surface area contributed by atoms with E-state index in [0.717, 1.165) is 46.7 Å². The van der Waals surface area contributed by atoms with E-state index in [1.165, 1.54) is 24.2 Å². The van der Waals surface area contributed by atoms with E-state index in [-0.39, 0.29) is 5.91 Å². The number of aryl methyl sites for hydroxylation is 3. The van der Waals surface area contributed by atoms with Crippen molar-refractivity contribution in [3.05, 3.63) is 51.6 Å². The Labute approximate surface area is 174 Å². The minimum Gasteiger partial charge on any atom is -0.356 e. The van der Waals surface area contributed by atoms with Crippen LogP contribution < -0.4 is 15.5 Å². The van der Waals surface area contributed by atoms with Gasteiger partial charge in [0.05, 0.1) is 10.7 Å². The lowest BCUT2D eigenvalue weighted by Gasteiger charge is -2.17. The number of thiazole rings is 1. The van der Waals surface area contributed by atoms with Crippen LogP contribution >= 0.6 is 11.3 Å². The van der Waals surface area contributed by atoms with Crippen molar-refractivity contribution in [3.8, 4) is 0 Å². The zero-order valence-electron chi connectivity index (χ0n) is 16.8. The van der Waals surface area contributed by atoms with Gasteiger partial charge in [0.15, 0.2) is 0 Å². The summed E-state index contributed by atoms with van der Waals surface area (Å²) in [5, 5.41) is 7.08. The fourth-order valence-corrected chi connectivity index (χ4v) is 4.23. The van der Waals surface area contributed by atoms with Crippen LogP contribution in [0.1, 0.15) is 38.9 Å². The highest BCUT2D eigenvalue weighted by atomic mass is 32.1. The van der Waals surface area contributed by atoms with E-state index in [2.05, 4.69) is 30.5 Å². The zero-order valence-corrected chi connectivity index (χ0v) is 17.6. The summed E-state index contributed by atoms with van der Waals surface area (Å²) < 4.78 is 0. The van der Waals surface area contributed by atoms with Crippen LogP contribution in [0.3, 0.4) is 0 Å². The molecular formula is C21H24N6OS. The van der Waals surface area contributed by atoms with E-state index in [9.17, 15) is 4.79 Å². The molecule has 8 heteroatoms. The summed E-state index contributed by atoms with van der Waals surface area (Å²) in [6, 6.07) is 9.56. The van der Waals surface area contributed by atoms with Gasteiger partial charge < -0.3 is 15.5 Å². The Morgan fingerprint density at radius 2 is 1.69 bits per heavy atom. The Hall–Kier alpha value is -3.00. The molecule has 2 aromatic heterocycles. The molecule has 29 heavy (non-hydrogen) atoms. The van der Waals surface area contributed by atoms with Crippen LogP contribution in [-0.2, 0) is 0 Å². The zero-order chi connectivity index (χ0) is 20.4. The summed E-state index contributed by atoms with van der Waals surface area (Å²) in [4.78, 5) is 28.9. The minimum atomic E-state index is -0.133. The molecule has 0 unspecified atom stereocenters. The van der Waals surface area contributed by atoms with Gasteiger partial charge in [-0.1, -0.05) is 0 Å². The van der Waals surface area contributed by atoms with Crippen LogP contribution in [-0.4, -0.2) is 33.9 Å². The number of nitrogens with zero attached hydrogens (tertiary/aromatic N) is 4. The van der Waals surface area contributed by atoms with Crippen molar-refractivity contribution < 1.29 is 4.79 Å². The molecule has 0 spiro atoms. The third kappa shape index (κ3) is 4.54. The molecule has 2 N–H and O–H groups in total. The van der Waals surface area contributed by atoms with Crippen LogP contribution in [0.5, 0.6) is 0 Å². The Kier molecular flexibility index (Phi) is 5.44. The van der Waals surface area contributed by atoms with Gasteiger partial charge in [0.2, 0.25) is 5.95 Å².